The molecule has 5 nitrogen and oxygen atoms in total. The van der Waals surface area contributed by atoms with Gasteiger partial charge in [0.25, 0.3) is 0 Å². The molecule has 0 fully saturated rings. The van der Waals surface area contributed by atoms with E-state index in [-0.39, 0.29) is 22.5 Å². The highest BCUT2D eigenvalue weighted by molar-refractivity contribution is 7.91. The zero-order valence-electron chi connectivity index (χ0n) is 7.57. The van der Waals surface area contributed by atoms with Crippen LogP contribution in [0.4, 0.5) is 0 Å². The lowest BCUT2D eigenvalue weighted by Crippen LogP contribution is -2.23. The van der Waals surface area contributed by atoms with Crippen LogP contribution < -0.4 is 10.5 Å². The van der Waals surface area contributed by atoms with Crippen molar-refractivity contribution in [2.75, 3.05) is 5.88 Å². The Kier molecular flexibility index (Phi) is 4.09. The van der Waals surface area contributed by atoms with Crippen LogP contribution in [0, 0.1) is 0 Å². The van der Waals surface area contributed by atoms with Crippen molar-refractivity contribution in [1.82, 2.24) is 5.32 Å². The normalized spacial score (nSPS) is 11.3. The largest absolute Gasteiger partial charge is 0.350 e. The third-order valence-corrected chi connectivity index (χ3v) is 4.27. The van der Waals surface area contributed by atoms with Crippen LogP contribution in [0.5, 0.6) is 0 Å². The molecule has 0 unspecified atom stereocenters. The van der Waals surface area contributed by atoms with Crippen molar-refractivity contribution in [2.45, 2.75) is 10.8 Å². The molecule has 0 aliphatic rings. The quantitative estimate of drug-likeness (QED) is 0.767. The molecule has 8 heteroatoms. The number of carbonyl (C=O) groups is 1. The average Bonchev–Trinajstić information content (AvgIpc) is 2.61. The van der Waals surface area contributed by atoms with E-state index < -0.39 is 10.0 Å². The van der Waals surface area contributed by atoms with E-state index >= 15 is 0 Å². The smallest absolute Gasteiger partial charge is 0.247 e. The van der Waals surface area contributed by atoms with Crippen molar-refractivity contribution in [1.29, 1.82) is 0 Å². The van der Waals surface area contributed by atoms with E-state index in [2.05, 4.69) is 5.32 Å². The van der Waals surface area contributed by atoms with Gasteiger partial charge in [-0.25, -0.2) is 13.6 Å². The van der Waals surface area contributed by atoms with Gasteiger partial charge in [-0.05, 0) is 12.1 Å². The van der Waals surface area contributed by atoms with E-state index in [1.54, 1.807) is 6.07 Å². The van der Waals surface area contributed by atoms with E-state index in [9.17, 15) is 13.2 Å². The number of amides is 1. The SMILES string of the molecule is NS(=O)(=O)c1ccc(CNC(=O)CCl)s1. The van der Waals surface area contributed by atoms with Crippen LogP contribution in [0.15, 0.2) is 16.3 Å². The van der Waals surface area contributed by atoms with Crippen molar-refractivity contribution in [3.05, 3.63) is 17.0 Å². The average molecular weight is 269 g/mol. The fourth-order valence-electron chi connectivity index (χ4n) is 0.839. The van der Waals surface area contributed by atoms with E-state index in [1.165, 1.54) is 6.07 Å². The van der Waals surface area contributed by atoms with Gasteiger partial charge < -0.3 is 5.32 Å². The summed E-state index contributed by atoms with van der Waals surface area (Å²) >= 11 is 6.29. The van der Waals surface area contributed by atoms with Gasteiger partial charge in [-0.2, -0.15) is 0 Å². The molecule has 0 aromatic carbocycles. The molecule has 1 rings (SSSR count). The Hall–Kier alpha value is -0.630. The van der Waals surface area contributed by atoms with Gasteiger partial charge in [0, 0.05) is 4.88 Å². The Morgan fingerprint density at radius 3 is 2.67 bits per heavy atom. The molecule has 0 saturated heterocycles. The Bertz CT molecular complexity index is 455. The monoisotopic (exact) mass is 268 g/mol. The second kappa shape index (κ2) is 4.93. The highest BCUT2D eigenvalue weighted by Crippen LogP contribution is 2.19. The first-order valence-electron chi connectivity index (χ1n) is 3.87. The standard InChI is InChI=1S/C7H9ClN2O3S2/c8-3-6(11)10-4-5-1-2-7(14-5)15(9,12)13/h1-2H,3-4H2,(H,10,11)(H2,9,12,13). The van der Waals surface area contributed by atoms with Crippen molar-refractivity contribution in [2.24, 2.45) is 5.14 Å². The molecule has 3 N–H and O–H groups in total. The number of nitrogens with two attached hydrogens (primary N) is 1. The van der Waals surface area contributed by atoms with Gasteiger partial charge in [-0.15, -0.1) is 22.9 Å². The fourth-order valence-corrected chi connectivity index (χ4v) is 2.65. The number of rotatable bonds is 4. The molecule has 0 spiro atoms. The molecule has 1 amide bonds. The molecular weight excluding hydrogens is 260 g/mol. The molecule has 1 aromatic heterocycles. The number of nitrogens with one attached hydrogen (secondary N) is 1. The van der Waals surface area contributed by atoms with Crippen LogP contribution in [0.3, 0.4) is 0 Å². The first-order valence-corrected chi connectivity index (χ1v) is 6.77. The zero-order chi connectivity index (χ0) is 11.5. The van der Waals surface area contributed by atoms with Gasteiger partial charge in [-0.1, -0.05) is 0 Å². The first-order chi connectivity index (χ1) is 6.93. The van der Waals surface area contributed by atoms with Crippen LogP contribution in [-0.4, -0.2) is 20.2 Å². The van der Waals surface area contributed by atoms with Crippen LogP contribution in [0.2, 0.25) is 0 Å². The summed E-state index contributed by atoms with van der Waals surface area (Å²) in [5.74, 6) is -0.421. The summed E-state index contributed by atoms with van der Waals surface area (Å²) in [6.07, 6.45) is 0. The third kappa shape index (κ3) is 3.78. The molecule has 0 aliphatic carbocycles. The lowest BCUT2D eigenvalue weighted by Gasteiger charge is -1.98. The molecule has 0 radical (unpaired) electrons. The van der Waals surface area contributed by atoms with Crippen molar-refractivity contribution in [3.63, 3.8) is 0 Å². The Morgan fingerprint density at radius 2 is 2.20 bits per heavy atom. The summed E-state index contributed by atoms with van der Waals surface area (Å²) in [6.45, 7) is 0.256. The first kappa shape index (κ1) is 12.4. The number of primary sulfonamides is 1. The minimum Gasteiger partial charge on any atom is -0.350 e. The van der Waals surface area contributed by atoms with Crippen LogP contribution in [-0.2, 0) is 21.4 Å². The van der Waals surface area contributed by atoms with E-state index in [4.69, 9.17) is 16.7 Å². The molecule has 0 atom stereocenters. The van der Waals surface area contributed by atoms with Crippen molar-refractivity contribution >= 4 is 38.9 Å². The lowest BCUT2D eigenvalue weighted by molar-refractivity contribution is -0.118. The second-order valence-electron chi connectivity index (χ2n) is 2.68. The zero-order valence-corrected chi connectivity index (χ0v) is 9.95. The highest BCUT2D eigenvalue weighted by Gasteiger charge is 2.11. The maximum Gasteiger partial charge on any atom is 0.247 e. The molecule has 0 aliphatic heterocycles. The lowest BCUT2D eigenvalue weighted by atomic mass is 10.4. The second-order valence-corrected chi connectivity index (χ2v) is 5.90. The summed E-state index contributed by atoms with van der Waals surface area (Å²) in [5.41, 5.74) is 0. The predicted octanol–water partition coefficient (Wildman–Crippen LogP) is 0.250. The molecule has 84 valence electrons. The van der Waals surface area contributed by atoms with Gasteiger partial charge in [0.15, 0.2) is 0 Å². The van der Waals surface area contributed by atoms with Crippen LogP contribution in [0.1, 0.15) is 4.88 Å². The summed E-state index contributed by atoms with van der Waals surface area (Å²) in [7, 11) is -3.65. The Morgan fingerprint density at radius 1 is 1.53 bits per heavy atom. The van der Waals surface area contributed by atoms with Crippen molar-refractivity contribution < 1.29 is 13.2 Å². The number of hydrogen-bond donors (Lipinski definition) is 2. The number of sulfonamides is 1. The minimum absolute atomic E-state index is 0.0811. The van der Waals surface area contributed by atoms with Gasteiger partial charge in [-0.3, -0.25) is 4.79 Å². The fraction of sp³-hybridized carbons (Fsp3) is 0.286. The van der Waals surface area contributed by atoms with Crippen LogP contribution in [0.25, 0.3) is 0 Å². The molecule has 1 aromatic rings. The van der Waals surface area contributed by atoms with Crippen molar-refractivity contribution in [3.8, 4) is 0 Å². The summed E-state index contributed by atoms with van der Waals surface area (Å²) < 4.78 is 21.9. The number of thiophene rings is 1. The molecule has 15 heavy (non-hydrogen) atoms. The van der Waals surface area contributed by atoms with Gasteiger partial charge in [0.1, 0.15) is 10.1 Å². The van der Waals surface area contributed by atoms with Gasteiger partial charge in [0.2, 0.25) is 15.9 Å². The minimum atomic E-state index is -3.65. The summed E-state index contributed by atoms with van der Waals surface area (Å²) in [4.78, 5) is 11.5. The number of carbonyl (C=O) groups excluding carboxylic acids is 1. The molecule has 1 heterocycles. The van der Waals surface area contributed by atoms with E-state index in [0.717, 1.165) is 11.3 Å². The summed E-state index contributed by atoms with van der Waals surface area (Å²) in [5, 5.41) is 7.44. The third-order valence-electron chi connectivity index (χ3n) is 1.50. The van der Waals surface area contributed by atoms with E-state index in [1.807, 2.05) is 0 Å². The predicted molar refractivity (Wildman–Crippen MR) is 58.3 cm³/mol. The van der Waals surface area contributed by atoms with Gasteiger partial charge >= 0.3 is 0 Å². The topological polar surface area (TPSA) is 89.3 Å². The summed E-state index contributed by atoms with van der Waals surface area (Å²) in [6, 6.07) is 3.00. The Labute approximate surface area is 96.3 Å². The number of hydrogen-bond acceptors (Lipinski definition) is 4. The van der Waals surface area contributed by atoms with E-state index in [0.29, 0.717) is 4.88 Å². The number of alkyl halides is 1. The number of halogens is 1. The maximum absolute atomic E-state index is 10.9. The van der Waals surface area contributed by atoms with Gasteiger partial charge in [0.05, 0.1) is 6.54 Å². The Balaban J connectivity index is 2.66. The molecular formula is C7H9ClN2O3S2. The maximum atomic E-state index is 10.9. The molecule has 0 saturated carbocycles. The highest BCUT2D eigenvalue weighted by atomic mass is 35.5. The molecule has 0 bridgehead atoms. The van der Waals surface area contributed by atoms with Crippen LogP contribution >= 0.6 is 22.9 Å².